The molecule has 3 rings (SSSR count). The second kappa shape index (κ2) is 6.52. The zero-order valence-corrected chi connectivity index (χ0v) is 15.3. The van der Waals surface area contributed by atoms with Gasteiger partial charge in [-0.3, -0.25) is 4.79 Å². The Morgan fingerprint density at radius 1 is 1.33 bits per heavy atom. The van der Waals surface area contributed by atoms with Crippen molar-refractivity contribution in [2.45, 2.75) is 65.7 Å². The molecule has 1 saturated carbocycles. The smallest absolute Gasteiger partial charge is 0.255 e. The summed E-state index contributed by atoms with van der Waals surface area (Å²) in [5.41, 5.74) is 2.88. The maximum absolute atomic E-state index is 12.9. The van der Waals surface area contributed by atoms with Gasteiger partial charge in [0.05, 0.1) is 17.8 Å². The third kappa shape index (κ3) is 2.58. The van der Waals surface area contributed by atoms with Crippen LogP contribution in [-0.2, 0) is 11.3 Å². The van der Waals surface area contributed by atoms with Crippen molar-refractivity contribution in [3.63, 3.8) is 0 Å². The van der Waals surface area contributed by atoms with Gasteiger partial charge in [0, 0.05) is 49.5 Å². The molecule has 1 aliphatic heterocycles. The predicted molar refractivity (Wildman–Crippen MR) is 93.2 cm³/mol. The van der Waals surface area contributed by atoms with E-state index in [4.69, 9.17) is 4.74 Å². The minimum absolute atomic E-state index is 0.124. The minimum Gasteiger partial charge on any atom is -0.392 e. The lowest BCUT2D eigenvalue weighted by Crippen LogP contribution is -2.62. The first-order valence-corrected chi connectivity index (χ1v) is 9.20. The summed E-state index contributed by atoms with van der Waals surface area (Å²) in [5.74, 6) is 0.124. The molecular weight excluding hydrogens is 304 g/mol. The average Bonchev–Trinajstić information content (AvgIpc) is 2.88. The number of nitrogens with zero attached hydrogens (tertiary/aromatic N) is 2. The van der Waals surface area contributed by atoms with Gasteiger partial charge in [-0.25, -0.2) is 0 Å². The van der Waals surface area contributed by atoms with E-state index in [0.717, 1.165) is 42.8 Å². The van der Waals surface area contributed by atoms with Gasteiger partial charge in [0.15, 0.2) is 0 Å². The molecule has 2 atom stereocenters. The molecule has 1 spiro atoms. The van der Waals surface area contributed by atoms with E-state index in [0.29, 0.717) is 19.7 Å². The fourth-order valence-corrected chi connectivity index (χ4v) is 4.62. The zero-order valence-electron chi connectivity index (χ0n) is 15.3. The molecule has 0 unspecified atom stereocenters. The number of aliphatic hydroxyl groups is 1. The summed E-state index contributed by atoms with van der Waals surface area (Å²) in [6, 6.07) is 2.01. The summed E-state index contributed by atoms with van der Waals surface area (Å²) in [4.78, 5) is 14.9. The van der Waals surface area contributed by atoms with Crippen LogP contribution >= 0.6 is 0 Å². The van der Waals surface area contributed by atoms with Crippen LogP contribution in [-0.4, -0.2) is 52.4 Å². The maximum atomic E-state index is 12.9. The average molecular weight is 334 g/mol. The van der Waals surface area contributed by atoms with E-state index >= 15 is 0 Å². The first-order chi connectivity index (χ1) is 11.4. The van der Waals surface area contributed by atoms with Gasteiger partial charge < -0.3 is 19.3 Å². The highest BCUT2D eigenvalue weighted by atomic mass is 16.5. The molecule has 1 saturated heterocycles. The zero-order chi connectivity index (χ0) is 17.5. The first-order valence-electron chi connectivity index (χ1n) is 9.20. The SMILES string of the molecule is CCO[C@@H]1C[C@H](O)C12CCN(C(=O)c1cc(C)n(CC)c1C)CC2. The summed E-state index contributed by atoms with van der Waals surface area (Å²) >= 11 is 0. The molecule has 1 aromatic rings. The molecule has 1 N–H and O–H groups in total. The van der Waals surface area contributed by atoms with Crippen LogP contribution in [0.3, 0.4) is 0 Å². The maximum Gasteiger partial charge on any atom is 0.255 e. The van der Waals surface area contributed by atoms with Gasteiger partial charge in [-0.15, -0.1) is 0 Å². The van der Waals surface area contributed by atoms with E-state index in [2.05, 4.69) is 18.4 Å². The van der Waals surface area contributed by atoms with Crippen LogP contribution in [0.2, 0.25) is 0 Å². The van der Waals surface area contributed by atoms with Crippen LogP contribution in [0.5, 0.6) is 0 Å². The van der Waals surface area contributed by atoms with E-state index in [1.807, 2.05) is 24.8 Å². The van der Waals surface area contributed by atoms with Gasteiger partial charge in [0.2, 0.25) is 0 Å². The normalized spacial score (nSPS) is 25.8. The highest BCUT2D eigenvalue weighted by Gasteiger charge is 2.56. The van der Waals surface area contributed by atoms with Crippen LogP contribution in [0.4, 0.5) is 0 Å². The largest absolute Gasteiger partial charge is 0.392 e. The molecule has 0 aromatic carbocycles. The molecule has 0 radical (unpaired) electrons. The number of carbonyl (C=O) groups is 1. The molecule has 0 bridgehead atoms. The molecular formula is C19H30N2O3. The van der Waals surface area contributed by atoms with Gasteiger partial charge in [0.1, 0.15) is 0 Å². The fraction of sp³-hybridized carbons (Fsp3) is 0.737. The highest BCUT2D eigenvalue weighted by molar-refractivity contribution is 5.95. The lowest BCUT2D eigenvalue weighted by molar-refractivity contribution is -0.207. The number of amides is 1. The molecule has 1 aliphatic carbocycles. The fourth-order valence-electron chi connectivity index (χ4n) is 4.62. The van der Waals surface area contributed by atoms with Gasteiger partial charge in [-0.05, 0) is 46.6 Å². The Kier molecular flexibility index (Phi) is 4.76. The van der Waals surface area contributed by atoms with E-state index in [-0.39, 0.29) is 23.5 Å². The van der Waals surface area contributed by atoms with Crippen molar-refractivity contribution in [2.75, 3.05) is 19.7 Å². The monoisotopic (exact) mass is 334 g/mol. The number of aliphatic hydroxyl groups excluding tert-OH is 1. The number of hydrogen-bond donors (Lipinski definition) is 1. The molecule has 5 heteroatoms. The van der Waals surface area contributed by atoms with Crippen molar-refractivity contribution in [2.24, 2.45) is 5.41 Å². The number of ether oxygens (including phenoxy) is 1. The molecule has 2 aliphatic rings. The van der Waals surface area contributed by atoms with Crippen LogP contribution in [0.1, 0.15) is 54.9 Å². The molecule has 2 fully saturated rings. The molecule has 2 heterocycles. The van der Waals surface area contributed by atoms with E-state index < -0.39 is 0 Å². The second-order valence-corrected chi connectivity index (χ2v) is 7.25. The Bertz CT molecular complexity index is 612. The van der Waals surface area contributed by atoms with Crippen molar-refractivity contribution >= 4 is 5.91 Å². The Hall–Kier alpha value is -1.33. The Morgan fingerprint density at radius 2 is 2.00 bits per heavy atom. The number of piperidine rings is 1. The van der Waals surface area contributed by atoms with Crippen LogP contribution in [0, 0.1) is 19.3 Å². The number of hydrogen-bond acceptors (Lipinski definition) is 3. The minimum atomic E-state index is -0.281. The van der Waals surface area contributed by atoms with Crippen molar-refractivity contribution in [3.05, 3.63) is 23.0 Å². The van der Waals surface area contributed by atoms with Gasteiger partial charge in [0.25, 0.3) is 5.91 Å². The number of likely N-dealkylation sites (tertiary alicyclic amines) is 1. The van der Waals surface area contributed by atoms with E-state index in [1.54, 1.807) is 0 Å². The Balaban J connectivity index is 1.70. The third-order valence-corrected chi connectivity index (χ3v) is 6.21. The van der Waals surface area contributed by atoms with Gasteiger partial charge >= 0.3 is 0 Å². The quantitative estimate of drug-likeness (QED) is 0.920. The standard InChI is InChI=1S/C19H30N2O3/c1-5-21-13(3)11-15(14(21)4)18(23)20-9-7-19(8-10-20)16(22)12-17(19)24-6-2/h11,16-17,22H,5-10,12H2,1-4H3/t16-,17+/m0/s1. The summed E-state index contributed by atoms with van der Waals surface area (Å²) in [5, 5.41) is 10.3. The van der Waals surface area contributed by atoms with E-state index in [9.17, 15) is 9.90 Å². The number of aryl methyl sites for hydroxylation is 1. The predicted octanol–water partition coefficient (Wildman–Crippen LogP) is 2.52. The van der Waals surface area contributed by atoms with Gasteiger partial charge in [-0.2, -0.15) is 0 Å². The van der Waals surface area contributed by atoms with Gasteiger partial charge in [-0.1, -0.05) is 0 Å². The third-order valence-electron chi connectivity index (χ3n) is 6.21. The van der Waals surface area contributed by atoms with Crippen molar-refractivity contribution in [1.82, 2.24) is 9.47 Å². The summed E-state index contributed by atoms with van der Waals surface area (Å²) in [6.45, 7) is 11.2. The second-order valence-electron chi connectivity index (χ2n) is 7.25. The Labute approximate surface area is 144 Å². The molecule has 5 nitrogen and oxygen atoms in total. The molecule has 24 heavy (non-hydrogen) atoms. The van der Waals surface area contributed by atoms with Crippen LogP contribution < -0.4 is 0 Å². The number of aromatic nitrogens is 1. The highest BCUT2D eigenvalue weighted by Crippen LogP contribution is 2.51. The molecule has 1 amide bonds. The van der Waals surface area contributed by atoms with Crippen molar-refractivity contribution in [1.29, 1.82) is 0 Å². The first kappa shape index (κ1) is 17.5. The van der Waals surface area contributed by atoms with Crippen molar-refractivity contribution < 1.29 is 14.6 Å². The summed E-state index contributed by atoms with van der Waals surface area (Å²) in [6.07, 6.45) is 2.27. The summed E-state index contributed by atoms with van der Waals surface area (Å²) in [7, 11) is 0. The topological polar surface area (TPSA) is 54.7 Å². The number of carbonyl (C=O) groups excluding carboxylic acids is 1. The lowest BCUT2D eigenvalue weighted by atomic mass is 9.58. The Morgan fingerprint density at radius 3 is 2.50 bits per heavy atom. The summed E-state index contributed by atoms with van der Waals surface area (Å²) < 4.78 is 7.99. The number of rotatable bonds is 4. The lowest BCUT2D eigenvalue weighted by Gasteiger charge is -2.56. The van der Waals surface area contributed by atoms with Crippen LogP contribution in [0.15, 0.2) is 6.07 Å². The molecule has 1 aromatic heterocycles. The van der Waals surface area contributed by atoms with Crippen LogP contribution in [0.25, 0.3) is 0 Å². The molecule has 134 valence electrons. The van der Waals surface area contributed by atoms with E-state index in [1.165, 1.54) is 0 Å². The van der Waals surface area contributed by atoms with Crippen molar-refractivity contribution in [3.8, 4) is 0 Å².